The van der Waals surface area contributed by atoms with Crippen LogP contribution >= 0.6 is 0 Å². The molecule has 2 rings (SSSR count). The molecule has 0 aliphatic heterocycles. The first kappa shape index (κ1) is 12.8. The quantitative estimate of drug-likeness (QED) is 0.878. The van der Waals surface area contributed by atoms with Gasteiger partial charge in [0.1, 0.15) is 0 Å². The van der Waals surface area contributed by atoms with Crippen molar-refractivity contribution in [3.05, 3.63) is 47.6 Å². The van der Waals surface area contributed by atoms with E-state index in [4.69, 9.17) is 4.52 Å². The molecule has 1 N–H and O–H groups in total. The molecule has 0 atom stereocenters. The zero-order valence-corrected chi connectivity index (χ0v) is 11.1. The third kappa shape index (κ3) is 2.96. The van der Waals surface area contributed by atoms with E-state index < -0.39 is 0 Å². The number of nitrogens with zero attached hydrogens (tertiary/aromatic N) is 2. The molecule has 2 aromatic rings. The predicted molar refractivity (Wildman–Crippen MR) is 70.2 cm³/mol. The van der Waals surface area contributed by atoms with Crippen LogP contribution in [-0.2, 0) is 18.4 Å². The Morgan fingerprint density at radius 3 is 2.56 bits per heavy atom. The average molecular weight is 245 g/mol. The molecule has 18 heavy (non-hydrogen) atoms. The lowest BCUT2D eigenvalue weighted by molar-refractivity contribution is 0.279. The Morgan fingerprint density at radius 1 is 1.17 bits per heavy atom. The van der Waals surface area contributed by atoms with E-state index in [0.717, 1.165) is 18.7 Å². The van der Waals surface area contributed by atoms with Gasteiger partial charge in [-0.3, -0.25) is 0 Å². The van der Waals surface area contributed by atoms with Crippen LogP contribution in [0.3, 0.4) is 0 Å². The fourth-order valence-electron chi connectivity index (χ4n) is 1.62. The Morgan fingerprint density at radius 2 is 1.89 bits per heavy atom. The van der Waals surface area contributed by atoms with Gasteiger partial charge in [-0.2, -0.15) is 4.98 Å². The second-order valence-corrected chi connectivity index (χ2v) is 4.88. The first-order valence-electron chi connectivity index (χ1n) is 6.18. The van der Waals surface area contributed by atoms with Gasteiger partial charge in [0.2, 0.25) is 5.89 Å². The summed E-state index contributed by atoms with van der Waals surface area (Å²) >= 11 is 0. The fraction of sp³-hybridized carbons (Fsp3) is 0.429. The lowest BCUT2D eigenvalue weighted by Gasteiger charge is -2.17. The zero-order chi connectivity index (χ0) is 13.0. The van der Waals surface area contributed by atoms with E-state index in [1.54, 1.807) is 0 Å². The third-order valence-electron chi connectivity index (χ3n) is 3.11. The highest BCUT2D eigenvalue weighted by Gasteiger charge is 2.25. The third-order valence-corrected chi connectivity index (χ3v) is 3.11. The van der Waals surface area contributed by atoms with Gasteiger partial charge < -0.3 is 9.84 Å². The summed E-state index contributed by atoms with van der Waals surface area (Å²) in [6.45, 7) is 4.03. The molecule has 0 fully saturated rings. The summed E-state index contributed by atoms with van der Waals surface area (Å²) in [5, 5.41) is 7.17. The van der Waals surface area contributed by atoms with Crippen molar-refractivity contribution in [3.8, 4) is 0 Å². The molecule has 0 bridgehead atoms. The first-order valence-corrected chi connectivity index (χ1v) is 6.18. The first-order chi connectivity index (χ1) is 8.62. The van der Waals surface area contributed by atoms with Crippen molar-refractivity contribution < 1.29 is 4.52 Å². The van der Waals surface area contributed by atoms with Crippen LogP contribution < -0.4 is 5.32 Å². The van der Waals surface area contributed by atoms with Crippen LogP contribution in [0.2, 0.25) is 0 Å². The van der Waals surface area contributed by atoms with Crippen molar-refractivity contribution in [2.75, 3.05) is 7.05 Å². The molecule has 0 radical (unpaired) electrons. The molecule has 96 valence electrons. The molecule has 4 nitrogen and oxygen atoms in total. The molecular weight excluding hydrogens is 226 g/mol. The van der Waals surface area contributed by atoms with Gasteiger partial charge in [-0.1, -0.05) is 35.5 Å². The van der Waals surface area contributed by atoms with E-state index in [1.807, 2.05) is 39.1 Å². The minimum absolute atomic E-state index is 0.280. The molecule has 0 saturated heterocycles. The molecular formula is C14H19N3O. The van der Waals surface area contributed by atoms with Crippen molar-refractivity contribution in [2.24, 2.45) is 0 Å². The molecule has 1 aromatic heterocycles. The van der Waals surface area contributed by atoms with Gasteiger partial charge >= 0.3 is 0 Å². The van der Waals surface area contributed by atoms with Crippen molar-refractivity contribution >= 4 is 0 Å². The van der Waals surface area contributed by atoms with E-state index in [0.29, 0.717) is 5.89 Å². The number of aryl methyl sites for hydroxylation is 2. The highest BCUT2D eigenvalue weighted by atomic mass is 16.5. The summed E-state index contributed by atoms with van der Waals surface area (Å²) in [5.74, 6) is 1.39. The minimum atomic E-state index is -0.280. The van der Waals surface area contributed by atoms with Gasteiger partial charge in [0.15, 0.2) is 5.82 Å². The summed E-state index contributed by atoms with van der Waals surface area (Å²) in [7, 11) is 1.88. The number of nitrogens with one attached hydrogen (secondary N) is 1. The van der Waals surface area contributed by atoms with Crippen LogP contribution in [0.1, 0.15) is 31.1 Å². The smallest absolute Gasteiger partial charge is 0.246 e. The normalized spacial score (nSPS) is 11.7. The number of aromatic nitrogens is 2. The van der Waals surface area contributed by atoms with Crippen LogP contribution in [0.5, 0.6) is 0 Å². The fourth-order valence-corrected chi connectivity index (χ4v) is 1.62. The van der Waals surface area contributed by atoms with Crippen LogP contribution in [-0.4, -0.2) is 17.2 Å². The molecule has 4 heteroatoms. The number of hydrogen-bond acceptors (Lipinski definition) is 4. The van der Waals surface area contributed by atoms with Crippen molar-refractivity contribution in [1.29, 1.82) is 0 Å². The van der Waals surface area contributed by atoms with Gasteiger partial charge in [0, 0.05) is 6.42 Å². The molecule has 0 saturated carbocycles. The Hall–Kier alpha value is -1.68. The summed E-state index contributed by atoms with van der Waals surface area (Å²) < 4.78 is 5.29. The second-order valence-electron chi connectivity index (χ2n) is 4.88. The Balaban J connectivity index is 1.99. The summed E-state index contributed by atoms with van der Waals surface area (Å²) in [6.07, 6.45) is 1.73. The van der Waals surface area contributed by atoms with Crippen LogP contribution in [0.25, 0.3) is 0 Å². The largest absolute Gasteiger partial charge is 0.337 e. The van der Waals surface area contributed by atoms with Gasteiger partial charge in [-0.15, -0.1) is 0 Å². The maximum absolute atomic E-state index is 5.29. The summed E-state index contributed by atoms with van der Waals surface area (Å²) in [5.41, 5.74) is 1.01. The van der Waals surface area contributed by atoms with Crippen LogP contribution in [0, 0.1) is 0 Å². The van der Waals surface area contributed by atoms with E-state index in [-0.39, 0.29) is 5.54 Å². The van der Waals surface area contributed by atoms with Crippen LogP contribution in [0.15, 0.2) is 34.9 Å². The Labute approximate surface area is 107 Å². The van der Waals surface area contributed by atoms with E-state index in [2.05, 4.69) is 27.6 Å². The van der Waals surface area contributed by atoms with E-state index in [9.17, 15) is 0 Å². The van der Waals surface area contributed by atoms with E-state index >= 15 is 0 Å². The number of benzene rings is 1. The van der Waals surface area contributed by atoms with Gasteiger partial charge in [-0.05, 0) is 32.9 Å². The second kappa shape index (κ2) is 5.31. The lowest BCUT2D eigenvalue weighted by Crippen LogP contribution is -2.33. The highest BCUT2D eigenvalue weighted by Crippen LogP contribution is 2.17. The maximum atomic E-state index is 5.29. The number of hydrogen-bond donors (Lipinski definition) is 1. The monoisotopic (exact) mass is 245 g/mol. The van der Waals surface area contributed by atoms with Crippen molar-refractivity contribution in [1.82, 2.24) is 15.5 Å². The number of rotatable bonds is 5. The minimum Gasteiger partial charge on any atom is -0.337 e. The van der Waals surface area contributed by atoms with Crippen LogP contribution in [0.4, 0.5) is 0 Å². The lowest BCUT2D eigenvalue weighted by atomic mass is 10.1. The average Bonchev–Trinajstić information content (AvgIpc) is 2.87. The van der Waals surface area contributed by atoms with Crippen molar-refractivity contribution in [2.45, 2.75) is 32.2 Å². The zero-order valence-electron chi connectivity index (χ0n) is 11.1. The van der Waals surface area contributed by atoms with Crippen molar-refractivity contribution in [3.63, 3.8) is 0 Å². The standard InChI is InChI=1S/C14H19N3O/c1-14(2,15-3)13-16-12(17-18-13)10-9-11-7-5-4-6-8-11/h4-8,15H,9-10H2,1-3H3. The van der Waals surface area contributed by atoms with Gasteiger partial charge in [0.05, 0.1) is 5.54 Å². The molecule has 0 aliphatic rings. The molecule has 0 aliphatic carbocycles. The molecule has 0 spiro atoms. The van der Waals surface area contributed by atoms with E-state index in [1.165, 1.54) is 5.56 Å². The highest BCUT2D eigenvalue weighted by molar-refractivity contribution is 5.15. The SMILES string of the molecule is CNC(C)(C)c1nc(CCc2ccccc2)no1. The topological polar surface area (TPSA) is 51.0 Å². The molecule has 0 amide bonds. The summed E-state index contributed by atoms with van der Waals surface area (Å²) in [6, 6.07) is 10.3. The van der Waals surface area contributed by atoms with Gasteiger partial charge in [-0.25, -0.2) is 0 Å². The maximum Gasteiger partial charge on any atom is 0.246 e. The van der Waals surface area contributed by atoms with Gasteiger partial charge in [0.25, 0.3) is 0 Å². The molecule has 0 unspecified atom stereocenters. The Kier molecular flexibility index (Phi) is 3.77. The Bertz CT molecular complexity index is 491. The molecule has 1 heterocycles. The predicted octanol–water partition coefficient (Wildman–Crippen LogP) is 2.31. The summed E-state index contributed by atoms with van der Waals surface area (Å²) in [4.78, 5) is 4.43. The molecule has 1 aromatic carbocycles.